The molecule has 1 atom stereocenters. The highest BCUT2D eigenvalue weighted by molar-refractivity contribution is 5.10. The van der Waals surface area contributed by atoms with Crippen LogP contribution in [-0.2, 0) is 12.6 Å². The van der Waals surface area contributed by atoms with Crippen LogP contribution in [0.15, 0.2) is 12.1 Å². The minimum atomic E-state index is -4.47. The maximum absolute atomic E-state index is 12.2. The number of nitrogens with zero attached hydrogens (tertiary/aromatic N) is 2. The molecule has 0 fully saturated rings. The number of hydrogen-bond donors (Lipinski definition) is 1. The van der Waals surface area contributed by atoms with Crippen LogP contribution in [0.1, 0.15) is 31.7 Å². The Morgan fingerprint density at radius 2 is 1.88 bits per heavy atom. The Morgan fingerprint density at radius 3 is 2.29 bits per heavy atom. The number of hydrogen-bond acceptors (Lipinski definition) is 3. The summed E-state index contributed by atoms with van der Waals surface area (Å²) in [6, 6.07) is 2.13. The van der Waals surface area contributed by atoms with Crippen molar-refractivity contribution in [1.29, 1.82) is 0 Å². The van der Waals surface area contributed by atoms with Crippen molar-refractivity contribution in [3.63, 3.8) is 0 Å². The van der Waals surface area contributed by atoms with Crippen LogP contribution in [0.5, 0.6) is 0 Å². The van der Waals surface area contributed by atoms with Crippen LogP contribution in [0.2, 0.25) is 0 Å². The number of aromatic nitrogens is 2. The quantitative estimate of drug-likeness (QED) is 0.890. The van der Waals surface area contributed by atoms with Crippen molar-refractivity contribution < 1.29 is 18.3 Å². The molecule has 1 heterocycles. The second-order valence-corrected chi connectivity index (χ2v) is 4.40. The van der Waals surface area contributed by atoms with Crippen LogP contribution in [0.4, 0.5) is 13.2 Å². The van der Waals surface area contributed by atoms with E-state index in [0.29, 0.717) is 18.0 Å². The molecule has 0 amide bonds. The van der Waals surface area contributed by atoms with Gasteiger partial charge >= 0.3 is 6.18 Å². The van der Waals surface area contributed by atoms with E-state index in [1.54, 1.807) is 0 Å². The molecule has 1 aromatic heterocycles. The van der Waals surface area contributed by atoms with Crippen molar-refractivity contribution in [3.8, 4) is 0 Å². The van der Waals surface area contributed by atoms with Crippen molar-refractivity contribution in [2.45, 2.75) is 39.0 Å². The molecule has 6 heteroatoms. The average molecular weight is 248 g/mol. The molecule has 1 rings (SSSR count). The maximum atomic E-state index is 12.2. The summed E-state index contributed by atoms with van der Waals surface area (Å²) in [6.45, 7) is 3.92. The zero-order chi connectivity index (χ0) is 13.1. The number of rotatable bonds is 4. The van der Waals surface area contributed by atoms with Crippen molar-refractivity contribution in [3.05, 3.63) is 23.5 Å². The molecule has 0 spiro atoms. The third kappa shape index (κ3) is 4.68. The third-order valence-electron chi connectivity index (χ3n) is 2.20. The number of aliphatic hydroxyl groups excluding tert-OH is 1. The van der Waals surface area contributed by atoms with Crippen LogP contribution >= 0.6 is 0 Å². The van der Waals surface area contributed by atoms with E-state index in [-0.39, 0.29) is 6.42 Å². The Labute approximate surface area is 97.7 Å². The largest absolute Gasteiger partial charge is 0.435 e. The molecule has 0 bridgehead atoms. The van der Waals surface area contributed by atoms with E-state index in [9.17, 15) is 18.3 Å². The molecule has 0 aliphatic rings. The van der Waals surface area contributed by atoms with Crippen LogP contribution in [-0.4, -0.2) is 21.4 Å². The first-order valence-electron chi connectivity index (χ1n) is 5.37. The summed E-state index contributed by atoms with van der Waals surface area (Å²) in [6.07, 6.45) is -4.25. The molecular formula is C11H15F3N2O. The number of halogens is 3. The summed E-state index contributed by atoms with van der Waals surface area (Å²) in [4.78, 5) is 0. The first kappa shape index (κ1) is 13.9. The lowest BCUT2D eigenvalue weighted by Crippen LogP contribution is -2.16. The van der Waals surface area contributed by atoms with E-state index in [4.69, 9.17) is 0 Å². The summed E-state index contributed by atoms with van der Waals surface area (Å²) in [5, 5.41) is 16.2. The fraction of sp³-hybridized carbons (Fsp3) is 0.636. The minimum Gasteiger partial charge on any atom is -0.393 e. The highest BCUT2D eigenvalue weighted by atomic mass is 19.4. The standard InChI is InChI=1S/C11H15F3N2O/c1-7(2)5-9(17)6-8-3-4-10(16-15-8)11(12,13)14/h3-4,7,9,17H,5-6H2,1-2H3. The normalized spacial score (nSPS) is 14.1. The first-order valence-corrected chi connectivity index (χ1v) is 5.37. The summed E-state index contributed by atoms with van der Waals surface area (Å²) in [7, 11) is 0. The van der Waals surface area contributed by atoms with Crippen molar-refractivity contribution in [2.75, 3.05) is 0 Å². The molecule has 96 valence electrons. The van der Waals surface area contributed by atoms with Gasteiger partial charge in [-0.05, 0) is 24.5 Å². The number of alkyl halides is 3. The van der Waals surface area contributed by atoms with Gasteiger partial charge in [-0.2, -0.15) is 18.3 Å². The molecule has 1 unspecified atom stereocenters. The SMILES string of the molecule is CC(C)CC(O)Cc1ccc(C(F)(F)F)nn1. The van der Waals surface area contributed by atoms with Gasteiger partial charge in [0.25, 0.3) is 0 Å². The van der Waals surface area contributed by atoms with Crippen LogP contribution < -0.4 is 0 Å². The third-order valence-corrected chi connectivity index (χ3v) is 2.20. The molecule has 1 aromatic rings. The molecule has 0 radical (unpaired) electrons. The van der Waals surface area contributed by atoms with Gasteiger partial charge in [-0.15, -0.1) is 5.10 Å². The Kier molecular flexibility index (Phi) is 4.45. The molecule has 0 saturated carbocycles. The monoisotopic (exact) mass is 248 g/mol. The van der Waals surface area contributed by atoms with E-state index in [2.05, 4.69) is 10.2 Å². The van der Waals surface area contributed by atoms with Gasteiger partial charge in [0.2, 0.25) is 0 Å². The second-order valence-electron chi connectivity index (χ2n) is 4.40. The predicted octanol–water partition coefficient (Wildman–Crippen LogP) is 2.44. The number of aliphatic hydroxyl groups is 1. The predicted molar refractivity (Wildman–Crippen MR) is 56.2 cm³/mol. The molecule has 17 heavy (non-hydrogen) atoms. The van der Waals surface area contributed by atoms with Crippen LogP contribution in [0.25, 0.3) is 0 Å². The molecule has 1 N–H and O–H groups in total. The fourth-order valence-electron chi connectivity index (χ4n) is 1.49. The highest BCUT2D eigenvalue weighted by Crippen LogP contribution is 2.26. The Hall–Kier alpha value is -1.17. The van der Waals surface area contributed by atoms with Gasteiger partial charge < -0.3 is 5.11 Å². The molecule has 0 aliphatic carbocycles. The smallest absolute Gasteiger partial charge is 0.393 e. The zero-order valence-corrected chi connectivity index (χ0v) is 9.70. The van der Waals surface area contributed by atoms with Gasteiger partial charge in [-0.25, -0.2) is 0 Å². The minimum absolute atomic E-state index is 0.226. The van der Waals surface area contributed by atoms with Gasteiger partial charge in [0.15, 0.2) is 5.69 Å². The van der Waals surface area contributed by atoms with Crippen molar-refractivity contribution in [1.82, 2.24) is 10.2 Å². The first-order chi connectivity index (χ1) is 7.79. The van der Waals surface area contributed by atoms with E-state index >= 15 is 0 Å². The Balaban J connectivity index is 2.63. The van der Waals surface area contributed by atoms with Crippen molar-refractivity contribution >= 4 is 0 Å². The fourth-order valence-corrected chi connectivity index (χ4v) is 1.49. The van der Waals surface area contributed by atoms with E-state index in [1.165, 1.54) is 6.07 Å². The highest BCUT2D eigenvalue weighted by Gasteiger charge is 2.32. The summed E-state index contributed by atoms with van der Waals surface area (Å²) in [5.74, 6) is 0.326. The molecule has 0 saturated heterocycles. The lowest BCUT2D eigenvalue weighted by atomic mass is 10.0. The van der Waals surface area contributed by atoms with E-state index in [1.807, 2.05) is 13.8 Å². The average Bonchev–Trinajstić information content (AvgIpc) is 2.15. The van der Waals surface area contributed by atoms with E-state index in [0.717, 1.165) is 6.07 Å². The Morgan fingerprint density at radius 1 is 1.24 bits per heavy atom. The lowest BCUT2D eigenvalue weighted by Gasteiger charge is -2.12. The van der Waals surface area contributed by atoms with Gasteiger partial charge in [-0.3, -0.25) is 0 Å². The van der Waals surface area contributed by atoms with Crippen LogP contribution in [0, 0.1) is 5.92 Å². The van der Waals surface area contributed by atoms with Gasteiger partial charge in [-0.1, -0.05) is 13.8 Å². The van der Waals surface area contributed by atoms with Gasteiger partial charge in [0.05, 0.1) is 11.8 Å². The summed E-state index contributed by atoms with van der Waals surface area (Å²) in [5.41, 5.74) is -0.647. The molecule has 0 aliphatic heterocycles. The topological polar surface area (TPSA) is 46.0 Å². The van der Waals surface area contributed by atoms with Gasteiger partial charge in [0, 0.05) is 6.42 Å². The van der Waals surface area contributed by atoms with Crippen molar-refractivity contribution in [2.24, 2.45) is 5.92 Å². The second kappa shape index (κ2) is 5.44. The molecule has 0 aromatic carbocycles. The summed E-state index contributed by atoms with van der Waals surface area (Å²) >= 11 is 0. The van der Waals surface area contributed by atoms with E-state index < -0.39 is 18.0 Å². The lowest BCUT2D eigenvalue weighted by molar-refractivity contribution is -0.141. The van der Waals surface area contributed by atoms with Crippen LogP contribution in [0.3, 0.4) is 0 Å². The summed E-state index contributed by atoms with van der Waals surface area (Å²) < 4.78 is 36.6. The maximum Gasteiger partial charge on any atom is 0.435 e. The Bertz CT molecular complexity index is 349. The van der Waals surface area contributed by atoms with Gasteiger partial charge in [0.1, 0.15) is 0 Å². The molecular weight excluding hydrogens is 233 g/mol. The zero-order valence-electron chi connectivity index (χ0n) is 9.70. The molecule has 3 nitrogen and oxygen atoms in total.